The monoisotopic (exact) mass is 302 g/mol. The summed E-state index contributed by atoms with van der Waals surface area (Å²) < 4.78 is 31.4. The molecule has 0 aliphatic carbocycles. The van der Waals surface area contributed by atoms with Crippen LogP contribution in [0.5, 0.6) is 11.5 Å². The van der Waals surface area contributed by atoms with Gasteiger partial charge in [0.2, 0.25) is 0 Å². The summed E-state index contributed by atoms with van der Waals surface area (Å²) in [4.78, 5) is 15.3. The molecule has 4 nitrogen and oxygen atoms in total. The van der Waals surface area contributed by atoms with Gasteiger partial charge >= 0.3 is 0 Å². The van der Waals surface area contributed by atoms with E-state index in [1.807, 2.05) is 0 Å². The molecule has 112 valence electrons. The van der Waals surface area contributed by atoms with Crippen LogP contribution < -0.4 is 10.1 Å². The van der Waals surface area contributed by atoms with Crippen LogP contribution in [0.25, 0.3) is 0 Å². The highest BCUT2D eigenvalue weighted by Gasteiger charge is 2.05. The lowest BCUT2D eigenvalue weighted by Gasteiger charge is -2.07. The van der Waals surface area contributed by atoms with E-state index in [1.165, 1.54) is 12.3 Å². The lowest BCUT2D eigenvalue weighted by atomic mass is 10.3. The largest absolute Gasteiger partial charge is 0.457 e. The second-order valence-electron chi connectivity index (χ2n) is 4.22. The minimum absolute atomic E-state index is 0.164. The molecule has 0 bridgehead atoms. The van der Waals surface area contributed by atoms with Gasteiger partial charge in [0.15, 0.2) is 11.6 Å². The molecule has 6 heteroatoms. The van der Waals surface area contributed by atoms with Gasteiger partial charge < -0.3 is 10.1 Å². The molecule has 1 amide bonds. The normalized spacial score (nSPS) is 9.59. The molecule has 1 heterocycles. The highest BCUT2D eigenvalue weighted by atomic mass is 19.2. The van der Waals surface area contributed by atoms with Gasteiger partial charge in [-0.1, -0.05) is 5.92 Å². The van der Waals surface area contributed by atoms with Crippen LogP contribution in [0, 0.1) is 23.5 Å². The van der Waals surface area contributed by atoms with Gasteiger partial charge in [-0.05, 0) is 31.0 Å². The van der Waals surface area contributed by atoms with Crippen molar-refractivity contribution in [3.8, 4) is 23.3 Å². The fourth-order valence-corrected chi connectivity index (χ4v) is 1.62. The fourth-order valence-electron chi connectivity index (χ4n) is 1.62. The van der Waals surface area contributed by atoms with Gasteiger partial charge in [0.1, 0.15) is 11.5 Å². The summed E-state index contributed by atoms with van der Waals surface area (Å²) in [5, 5.41) is 2.57. The third-order valence-corrected chi connectivity index (χ3v) is 2.58. The Hall–Kier alpha value is -2.94. The Balaban J connectivity index is 2.05. The summed E-state index contributed by atoms with van der Waals surface area (Å²) in [5.74, 6) is 3.05. The van der Waals surface area contributed by atoms with Crippen molar-refractivity contribution in [2.75, 3.05) is 0 Å². The minimum Gasteiger partial charge on any atom is -0.457 e. The molecule has 1 N–H and O–H groups in total. The Kier molecular flexibility index (Phi) is 5.04. The summed E-state index contributed by atoms with van der Waals surface area (Å²) in [6.45, 7) is 1.75. The Morgan fingerprint density at radius 1 is 1.23 bits per heavy atom. The van der Waals surface area contributed by atoms with Crippen molar-refractivity contribution in [1.82, 2.24) is 10.3 Å². The van der Waals surface area contributed by atoms with Gasteiger partial charge in [-0.2, -0.15) is 0 Å². The molecule has 0 radical (unpaired) electrons. The zero-order valence-corrected chi connectivity index (χ0v) is 11.7. The molecule has 0 aliphatic rings. The molecule has 1 aromatic carbocycles. The van der Waals surface area contributed by atoms with Crippen molar-refractivity contribution in [3.05, 3.63) is 53.9 Å². The first-order valence-corrected chi connectivity index (χ1v) is 6.37. The highest BCUT2D eigenvalue weighted by molar-refractivity contribution is 5.93. The van der Waals surface area contributed by atoms with Crippen LogP contribution in [-0.4, -0.2) is 10.9 Å². The predicted octanol–water partition coefficient (Wildman–Crippen LogP) is 2.79. The summed E-state index contributed by atoms with van der Waals surface area (Å²) in [6.07, 6.45) is 1.49. The first-order chi connectivity index (χ1) is 10.6. The summed E-state index contributed by atoms with van der Waals surface area (Å²) in [5.41, 5.74) is 0.548. The third kappa shape index (κ3) is 4.28. The summed E-state index contributed by atoms with van der Waals surface area (Å²) >= 11 is 0. The number of carbonyl (C=O) groups excluding carboxylic acids is 1. The van der Waals surface area contributed by atoms with E-state index in [2.05, 4.69) is 22.1 Å². The van der Waals surface area contributed by atoms with Crippen molar-refractivity contribution in [2.45, 2.75) is 13.5 Å². The number of rotatable bonds is 4. The van der Waals surface area contributed by atoms with E-state index in [4.69, 9.17) is 4.74 Å². The van der Waals surface area contributed by atoms with E-state index in [1.54, 1.807) is 19.1 Å². The molecule has 2 rings (SSSR count). The van der Waals surface area contributed by atoms with Crippen LogP contribution in [0.1, 0.15) is 12.6 Å². The van der Waals surface area contributed by atoms with Crippen molar-refractivity contribution in [3.63, 3.8) is 0 Å². The van der Waals surface area contributed by atoms with Crippen LogP contribution in [-0.2, 0) is 11.3 Å². The van der Waals surface area contributed by atoms with Gasteiger partial charge in [0.25, 0.3) is 5.91 Å². The van der Waals surface area contributed by atoms with E-state index < -0.39 is 17.5 Å². The number of ether oxygens (including phenoxy) is 1. The van der Waals surface area contributed by atoms with Crippen molar-refractivity contribution in [1.29, 1.82) is 0 Å². The van der Waals surface area contributed by atoms with Crippen LogP contribution in [0.2, 0.25) is 0 Å². The first-order valence-electron chi connectivity index (χ1n) is 6.37. The molecule has 0 saturated carbocycles. The van der Waals surface area contributed by atoms with Crippen LogP contribution >= 0.6 is 0 Å². The molecule has 1 aromatic heterocycles. The molecule has 22 heavy (non-hydrogen) atoms. The number of pyridine rings is 1. The number of amides is 1. The zero-order valence-electron chi connectivity index (χ0n) is 11.7. The number of aromatic nitrogens is 1. The predicted molar refractivity (Wildman–Crippen MR) is 76.0 cm³/mol. The molecule has 0 aliphatic heterocycles. The van der Waals surface area contributed by atoms with Gasteiger partial charge in [-0.3, -0.25) is 9.78 Å². The quantitative estimate of drug-likeness (QED) is 0.884. The van der Waals surface area contributed by atoms with Crippen molar-refractivity contribution >= 4 is 5.91 Å². The molecule has 0 fully saturated rings. The Morgan fingerprint density at radius 2 is 2.00 bits per heavy atom. The lowest BCUT2D eigenvalue weighted by molar-refractivity contribution is -0.115. The number of carbonyl (C=O) groups is 1. The summed E-state index contributed by atoms with van der Waals surface area (Å²) in [6, 6.07) is 6.40. The summed E-state index contributed by atoms with van der Waals surface area (Å²) in [7, 11) is 0. The zero-order chi connectivity index (χ0) is 15.9. The van der Waals surface area contributed by atoms with E-state index in [-0.39, 0.29) is 12.3 Å². The maximum Gasteiger partial charge on any atom is 0.296 e. The minimum atomic E-state index is -0.989. The molecule has 0 unspecified atom stereocenters. The van der Waals surface area contributed by atoms with Crippen molar-refractivity contribution in [2.24, 2.45) is 0 Å². The van der Waals surface area contributed by atoms with Gasteiger partial charge in [0, 0.05) is 18.3 Å². The molecule has 0 saturated heterocycles. The van der Waals surface area contributed by atoms with Crippen LogP contribution in [0.3, 0.4) is 0 Å². The van der Waals surface area contributed by atoms with E-state index in [0.29, 0.717) is 11.4 Å². The van der Waals surface area contributed by atoms with Gasteiger partial charge in [-0.25, -0.2) is 8.78 Å². The van der Waals surface area contributed by atoms with Crippen LogP contribution in [0.4, 0.5) is 8.78 Å². The molecule has 0 spiro atoms. The molecule has 2 aromatic rings. The Morgan fingerprint density at radius 3 is 2.73 bits per heavy atom. The second kappa shape index (κ2) is 7.18. The third-order valence-electron chi connectivity index (χ3n) is 2.58. The smallest absolute Gasteiger partial charge is 0.296 e. The van der Waals surface area contributed by atoms with Gasteiger partial charge in [-0.15, -0.1) is 0 Å². The number of halogens is 2. The lowest BCUT2D eigenvalue weighted by Crippen LogP contribution is -2.21. The number of nitrogens with one attached hydrogen (secondary N) is 1. The molecular weight excluding hydrogens is 290 g/mol. The molecular formula is C16H12F2N2O2. The topological polar surface area (TPSA) is 51.2 Å². The number of hydrogen-bond donors (Lipinski definition) is 1. The molecule has 0 atom stereocenters. The van der Waals surface area contributed by atoms with E-state index in [9.17, 15) is 13.6 Å². The van der Waals surface area contributed by atoms with E-state index >= 15 is 0 Å². The maximum atomic E-state index is 13.1. The number of benzene rings is 1. The average molecular weight is 302 g/mol. The number of hydrogen-bond acceptors (Lipinski definition) is 3. The second-order valence-corrected chi connectivity index (χ2v) is 4.22. The van der Waals surface area contributed by atoms with Crippen LogP contribution in [0.15, 0.2) is 36.5 Å². The Bertz CT molecular complexity index is 751. The SMILES string of the molecule is CC#CC(=O)NCc1cc(Oc2ccc(F)c(F)c2)ccn1. The van der Waals surface area contributed by atoms with Gasteiger partial charge in [0.05, 0.1) is 12.2 Å². The maximum absolute atomic E-state index is 13.1. The Labute approximate surface area is 126 Å². The average Bonchev–Trinajstić information content (AvgIpc) is 2.50. The fraction of sp³-hybridized carbons (Fsp3) is 0.125. The van der Waals surface area contributed by atoms with Crippen molar-refractivity contribution < 1.29 is 18.3 Å². The van der Waals surface area contributed by atoms with E-state index in [0.717, 1.165) is 12.1 Å². The first kappa shape index (κ1) is 15.4. The number of nitrogens with zero attached hydrogens (tertiary/aromatic N) is 1. The highest BCUT2D eigenvalue weighted by Crippen LogP contribution is 2.23. The standard InChI is InChI=1S/C16H12F2N2O2/c1-2-3-16(21)20-10-11-8-13(6-7-19-11)22-12-4-5-14(17)15(18)9-12/h4-9H,10H2,1H3,(H,20,21).